The van der Waals surface area contributed by atoms with E-state index in [0.717, 1.165) is 27.3 Å². The fourth-order valence-corrected chi connectivity index (χ4v) is 4.69. The van der Waals surface area contributed by atoms with Gasteiger partial charge in [0.05, 0.1) is 31.8 Å². The van der Waals surface area contributed by atoms with Gasteiger partial charge in [-0.05, 0) is 66.5 Å². The number of halogens is 1. The van der Waals surface area contributed by atoms with Gasteiger partial charge in [-0.2, -0.15) is 0 Å². The standard InChI is InChI=1S/C30H27ClN6O3S/c1-39-23-14-22(15-24(17-23)40-2)34-29-30(36-27-9-4-3-8-26(27)35-29)37-41-25-7-5-6-21(16-25)33-28(38)18-32-20-12-10-19(31)11-13-20/h3-17,32H,18H2,1-2H3,(H,33,38)(H,34,35)(H,36,37). The van der Waals surface area contributed by atoms with Crippen molar-refractivity contribution >= 4 is 69.2 Å². The van der Waals surface area contributed by atoms with Crippen LogP contribution in [0.15, 0.2) is 95.9 Å². The zero-order valence-electron chi connectivity index (χ0n) is 22.3. The number of rotatable bonds is 11. The summed E-state index contributed by atoms with van der Waals surface area (Å²) in [5.41, 5.74) is 3.71. The summed E-state index contributed by atoms with van der Waals surface area (Å²) >= 11 is 7.27. The highest BCUT2D eigenvalue weighted by Crippen LogP contribution is 2.32. The lowest BCUT2D eigenvalue weighted by molar-refractivity contribution is -0.114. The van der Waals surface area contributed by atoms with Gasteiger partial charge < -0.3 is 30.1 Å². The molecule has 4 N–H and O–H groups in total. The molecule has 9 nitrogen and oxygen atoms in total. The average Bonchev–Trinajstić information content (AvgIpc) is 2.99. The zero-order chi connectivity index (χ0) is 28.6. The molecule has 0 aliphatic carbocycles. The summed E-state index contributed by atoms with van der Waals surface area (Å²) in [7, 11) is 3.20. The summed E-state index contributed by atoms with van der Waals surface area (Å²) in [6.07, 6.45) is 0. The van der Waals surface area contributed by atoms with E-state index in [-0.39, 0.29) is 12.5 Å². The second-order valence-corrected chi connectivity index (χ2v) is 10.1. The Morgan fingerprint density at radius 1 is 0.780 bits per heavy atom. The Balaban J connectivity index is 1.30. The summed E-state index contributed by atoms with van der Waals surface area (Å²) in [6, 6.07) is 27.9. The first-order valence-corrected chi connectivity index (χ1v) is 13.8. The molecule has 0 spiro atoms. The Kier molecular flexibility index (Phi) is 8.92. The molecule has 208 valence electrons. The average molecular weight is 587 g/mol. The molecule has 5 rings (SSSR count). The minimum absolute atomic E-state index is 0.119. The van der Waals surface area contributed by atoms with Crippen LogP contribution in [-0.2, 0) is 4.79 Å². The number of benzene rings is 4. The molecule has 0 aliphatic heterocycles. The SMILES string of the molecule is COc1cc(Nc2nc3ccccc3nc2NSc2cccc(NC(=O)CNc3ccc(Cl)cc3)c2)cc(OC)c1. The largest absolute Gasteiger partial charge is 0.497 e. The number of methoxy groups -OCH3 is 2. The number of para-hydroxylation sites is 2. The lowest BCUT2D eigenvalue weighted by atomic mass is 10.2. The van der Waals surface area contributed by atoms with Crippen molar-refractivity contribution in [2.45, 2.75) is 4.90 Å². The van der Waals surface area contributed by atoms with Gasteiger partial charge in [-0.3, -0.25) is 4.79 Å². The van der Waals surface area contributed by atoms with Crippen molar-refractivity contribution in [2.24, 2.45) is 0 Å². The number of hydrogen-bond acceptors (Lipinski definition) is 9. The van der Waals surface area contributed by atoms with E-state index in [2.05, 4.69) is 20.7 Å². The van der Waals surface area contributed by atoms with Gasteiger partial charge in [0.15, 0.2) is 11.6 Å². The molecule has 11 heteroatoms. The predicted octanol–water partition coefficient (Wildman–Crippen LogP) is 7.21. The number of carbonyl (C=O) groups is 1. The number of carbonyl (C=O) groups excluding carboxylic acids is 1. The van der Waals surface area contributed by atoms with Crippen molar-refractivity contribution in [2.75, 3.05) is 41.4 Å². The van der Waals surface area contributed by atoms with Crippen LogP contribution < -0.4 is 30.1 Å². The lowest BCUT2D eigenvalue weighted by Gasteiger charge is -2.15. The van der Waals surface area contributed by atoms with Crippen molar-refractivity contribution in [3.8, 4) is 11.5 Å². The third-order valence-corrected chi connectivity index (χ3v) is 6.90. The van der Waals surface area contributed by atoms with Crippen molar-refractivity contribution in [1.29, 1.82) is 0 Å². The molecule has 4 aromatic carbocycles. The van der Waals surface area contributed by atoms with Crippen LogP contribution >= 0.6 is 23.5 Å². The number of fused-ring (bicyclic) bond motifs is 1. The van der Waals surface area contributed by atoms with E-state index in [1.54, 1.807) is 32.4 Å². The van der Waals surface area contributed by atoms with Gasteiger partial charge in [-0.15, -0.1) is 0 Å². The summed E-state index contributed by atoms with van der Waals surface area (Å²) in [5.74, 6) is 2.19. The molecular weight excluding hydrogens is 560 g/mol. The fraction of sp³-hybridized carbons (Fsp3) is 0.100. The summed E-state index contributed by atoms with van der Waals surface area (Å²) in [6.45, 7) is 0.119. The first-order valence-electron chi connectivity index (χ1n) is 12.6. The van der Waals surface area contributed by atoms with E-state index < -0.39 is 0 Å². The van der Waals surface area contributed by atoms with Gasteiger partial charge in [0.1, 0.15) is 11.5 Å². The van der Waals surface area contributed by atoms with Crippen molar-refractivity contribution < 1.29 is 14.3 Å². The van der Waals surface area contributed by atoms with Crippen LogP contribution in [0.2, 0.25) is 5.02 Å². The first kappa shape index (κ1) is 27.9. The molecule has 0 saturated heterocycles. The number of anilines is 5. The highest BCUT2D eigenvalue weighted by Gasteiger charge is 2.12. The minimum Gasteiger partial charge on any atom is -0.497 e. The van der Waals surface area contributed by atoms with Crippen LogP contribution in [0, 0.1) is 0 Å². The molecule has 41 heavy (non-hydrogen) atoms. The number of nitrogens with zero attached hydrogens (tertiary/aromatic N) is 2. The van der Waals surface area contributed by atoms with Gasteiger partial charge >= 0.3 is 0 Å². The Morgan fingerprint density at radius 2 is 1.46 bits per heavy atom. The lowest BCUT2D eigenvalue weighted by Crippen LogP contribution is -2.21. The monoisotopic (exact) mass is 586 g/mol. The molecule has 0 aliphatic rings. The van der Waals surface area contributed by atoms with Crippen LogP contribution in [0.3, 0.4) is 0 Å². The van der Waals surface area contributed by atoms with Crippen molar-refractivity contribution in [1.82, 2.24) is 9.97 Å². The van der Waals surface area contributed by atoms with Gasteiger partial charge in [-0.25, -0.2) is 9.97 Å². The van der Waals surface area contributed by atoms with Crippen LogP contribution in [0.25, 0.3) is 11.0 Å². The van der Waals surface area contributed by atoms with E-state index in [9.17, 15) is 4.79 Å². The van der Waals surface area contributed by atoms with E-state index in [1.807, 2.05) is 72.8 Å². The number of nitrogens with one attached hydrogen (secondary N) is 4. The van der Waals surface area contributed by atoms with Crippen LogP contribution in [0.5, 0.6) is 11.5 Å². The van der Waals surface area contributed by atoms with Crippen LogP contribution in [0.1, 0.15) is 0 Å². The van der Waals surface area contributed by atoms with E-state index >= 15 is 0 Å². The van der Waals surface area contributed by atoms with Gasteiger partial charge in [0.2, 0.25) is 5.91 Å². The Hall–Kier alpha value is -4.67. The third kappa shape index (κ3) is 7.50. The number of ether oxygens (including phenoxy) is 2. The maximum atomic E-state index is 12.5. The summed E-state index contributed by atoms with van der Waals surface area (Å²) < 4.78 is 14.1. The molecular formula is C30H27ClN6O3S. The molecule has 0 unspecified atom stereocenters. The van der Waals surface area contributed by atoms with Crippen LogP contribution in [0.4, 0.5) is 28.7 Å². The van der Waals surface area contributed by atoms with Crippen molar-refractivity contribution in [3.05, 3.63) is 96.0 Å². The van der Waals surface area contributed by atoms with E-state index in [0.29, 0.717) is 33.8 Å². The molecule has 5 aromatic rings. The highest BCUT2D eigenvalue weighted by molar-refractivity contribution is 8.00. The molecule has 0 fully saturated rings. The number of hydrogen-bond donors (Lipinski definition) is 4. The van der Waals surface area contributed by atoms with Gasteiger partial charge in [0, 0.05) is 45.2 Å². The van der Waals surface area contributed by atoms with Gasteiger partial charge in [0.25, 0.3) is 0 Å². The minimum atomic E-state index is -0.171. The Labute approximate surface area is 246 Å². The molecule has 0 radical (unpaired) electrons. The second-order valence-electron chi connectivity index (χ2n) is 8.78. The summed E-state index contributed by atoms with van der Waals surface area (Å²) in [4.78, 5) is 23.0. The van der Waals surface area contributed by atoms with Gasteiger partial charge in [-0.1, -0.05) is 29.8 Å². The molecule has 1 heterocycles. The topological polar surface area (TPSA) is 109 Å². The normalized spacial score (nSPS) is 10.6. The van der Waals surface area contributed by atoms with Crippen LogP contribution in [-0.4, -0.2) is 36.6 Å². The Morgan fingerprint density at radius 3 is 2.15 bits per heavy atom. The molecule has 0 bridgehead atoms. The third-order valence-electron chi connectivity index (χ3n) is 5.87. The maximum absolute atomic E-state index is 12.5. The predicted molar refractivity (Wildman–Crippen MR) is 167 cm³/mol. The van der Waals surface area contributed by atoms with Crippen molar-refractivity contribution in [3.63, 3.8) is 0 Å². The van der Waals surface area contributed by atoms with E-state index in [1.165, 1.54) is 11.9 Å². The first-order chi connectivity index (χ1) is 20.0. The molecule has 0 saturated carbocycles. The zero-order valence-corrected chi connectivity index (χ0v) is 23.8. The summed E-state index contributed by atoms with van der Waals surface area (Å²) in [5, 5.41) is 9.98. The van der Waals surface area contributed by atoms with E-state index in [4.69, 9.17) is 31.0 Å². The maximum Gasteiger partial charge on any atom is 0.243 e. The quantitative estimate of drug-likeness (QED) is 0.119. The molecule has 1 aromatic heterocycles. The molecule has 1 amide bonds. The highest BCUT2D eigenvalue weighted by atomic mass is 35.5. The Bertz CT molecular complexity index is 1650. The molecule has 0 atom stereocenters. The fourth-order valence-electron chi connectivity index (χ4n) is 3.87. The number of amides is 1. The smallest absolute Gasteiger partial charge is 0.243 e. The second kappa shape index (κ2) is 13.1. The number of aromatic nitrogens is 2.